The third kappa shape index (κ3) is 5.76. The summed E-state index contributed by atoms with van der Waals surface area (Å²) in [5, 5.41) is 19.4. The molecule has 4 N–H and O–H groups in total. The van der Waals surface area contributed by atoms with Crippen molar-refractivity contribution in [2.24, 2.45) is 0 Å². The molecule has 1 aliphatic rings. The number of nitrogens with one attached hydrogen (secondary N) is 3. The van der Waals surface area contributed by atoms with E-state index in [9.17, 15) is 14.7 Å². The van der Waals surface area contributed by atoms with Crippen LogP contribution in [0.1, 0.15) is 40.9 Å². The van der Waals surface area contributed by atoms with E-state index in [0.29, 0.717) is 17.1 Å². The molecule has 1 aromatic carbocycles. The van der Waals surface area contributed by atoms with E-state index in [4.69, 9.17) is 11.6 Å². The van der Waals surface area contributed by atoms with Crippen LogP contribution >= 0.6 is 22.9 Å². The van der Waals surface area contributed by atoms with Gasteiger partial charge in [-0.3, -0.25) is 9.59 Å². The number of carbonyl (C=O) groups excluding carboxylic acids is 2. The fourth-order valence-electron chi connectivity index (χ4n) is 3.34. The zero-order chi connectivity index (χ0) is 20.8. The predicted molar refractivity (Wildman–Crippen MR) is 114 cm³/mol. The summed E-state index contributed by atoms with van der Waals surface area (Å²) in [4.78, 5) is 30.6. The number of piperidine rings is 1. The van der Waals surface area contributed by atoms with Crippen LogP contribution in [0.4, 0.5) is 5.69 Å². The minimum atomic E-state index is -0.739. The number of aryl methyl sites for hydroxylation is 1. The van der Waals surface area contributed by atoms with Crippen LogP contribution in [0.3, 0.4) is 0 Å². The topological polar surface area (TPSA) is 103 Å². The Balaban J connectivity index is 1.75. The number of hydrogen-bond acceptors (Lipinski definition) is 6. The number of aliphatic hydroxyl groups is 1. The van der Waals surface area contributed by atoms with Crippen molar-refractivity contribution in [1.29, 1.82) is 0 Å². The van der Waals surface area contributed by atoms with Gasteiger partial charge < -0.3 is 21.1 Å². The lowest BCUT2D eigenvalue weighted by atomic mass is 9.98. The number of carbonyl (C=O) groups is 2. The molecule has 1 fully saturated rings. The normalized spacial score (nSPS) is 17.6. The van der Waals surface area contributed by atoms with E-state index in [1.165, 1.54) is 11.3 Å². The number of aromatic nitrogens is 1. The zero-order valence-corrected chi connectivity index (χ0v) is 17.8. The van der Waals surface area contributed by atoms with Crippen LogP contribution in [0, 0.1) is 6.92 Å². The van der Waals surface area contributed by atoms with Crippen LogP contribution in [0.5, 0.6) is 0 Å². The molecule has 1 aromatic heterocycles. The monoisotopic (exact) mass is 436 g/mol. The standard InChI is InChI=1S/C20H25ClN4O3S/c1-12-16(9-11-26)29-20(23-12)17(15-4-2-3-10-22-15)25-19(28)18(27)24-14-7-5-13(21)6-8-14/h5-8,15,17,22,26H,2-4,9-11H2,1H3,(H,24,27)(H,25,28)/t15-,17-/m0/s1. The van der Waals surface area contributed by atoms with Crippen molar-refractivity contribution in [2.45, 2.75) is 44.7 Å². The highest BCUT2D eigenvalue weighted by atomic mass is 35.5. The van der Waals surface area contributed by atoms with Gasteiger partial charge in [0.15, 0.2) is 0 Å². The lowest BCUT2D eigenvalue weighted by Gasteiger charge is -2.30. The number of rotatable bonds is 6. The Hall–Kier alpha value is -2.00. The average molecular weight is 437 g/mol. The number of thiazole rings is 1. The summed E-state index contributed by atoms with van der Waals surface area (Å²) >= 11 is 7.32. The molecule has 1 aliphatic heterocycles. The van der Waals surface area contributed by atoms with Gasteiger partial charge in [0.05, 0.1) is 11.7 Å². The van der Waals surface area contributed by atoms with E-state index in [1.54, 1.807) is 24.3 Å². The number of amides is 2. The summed E-state index contributed by atoms with van der Waals surface area (Å²) in [5.74, 6) is -1.45. The molecular weight excluding hydrogens is 412 g/mol. The Bertz CT molecular complexity index is 850. The van der Waals surface area contributed by atoms with Crippen LogP contribution in [0.25, 0.3) is 0 Å². The molecule has 9 heteroatoms. The smallest absolute Gasteiger partial charge is 0.313 e. The number of benzene rings is 1. The van der Waals surface area contributed by atoms with Crippen molar-refractivity contribution < 1.29 is 14.7 Å². The molecule has 0 saturated carbocycles. The van der Waals surface area contributed by atoms with E-state index in [-0.39, 0.29) is 12.6 Å². The molecule has 0 spiro atoms. The summed E-state index contributed by atoms with van der Waals surface area (Å²) in [6.45, 7) is 2.80. The molecule has 2 aromatic rings. The lowest BCUT2D eigenvalue weighted by molar-refractivity contribution is -0.136. The van der Waals surface area contributed by atoms with E-state index in [1.807, 2.05) is 6.92 Å². The maximum atomic E-state index is 12.6. The third-order valence-electron chi connectivity index (χ3n) is 4.86. The van der Waals surface area contributed by atoms with Crippen molar-refractivity contribution in [3.63, 3.8) is 0 Å². The number of hydrogen-bond donors (Lipinski definition) is 4. The molecule has 2 amide bonds. The third-order valence-corrected chi connectivity index (χ3v) is 6.41. The largest absolute Gasteiger partial charge is 0.396 e. The van der Waals surface area contributed by atoms with Gasteiger partial charge in [0.1, 0.15) is 5.01 Å². The van der Waals surface area contributed by atoms with Crippen LogP contribution in [-0.4, -0.2) is 41.1 Å². The molecule has 0 radical (unpaired) electrons. The number of aliphatic hydroxyl groups excluding tert-OH is 1. The minimum Gasteiger partial charge on any atom is -0.396 e. The number of nitrogens with zero attached hydrogens (tertiary/aromatic N) is 1. The van der Waals surface area contributed by atoms with Gasteiger partial charge in [-0.05, 0) is 50.6 Å². The highest BCUT2D eigenvalue weighted by molar-refractivity contribution is 7.11. The molecule has 0 aliphatic carbocycles. The molecule has 2 heterocycles. The van der Waals surface area contributed by atoms with Crippen molar-refractivity contribution in [3.8, 4) is 0 Å². The lowest BCUT2D eigenvalue weighted by Crippen LogP contribution is -2.48. The molecular formula is C20H25ClN4O3S. The van der Waals surface area contributed by atoms with Crippen LogP contribution in [0.15, 0.2) is 24.3 Å². The number of anilines is 1. The Kier molecular flexibility index (Phi) is 7.60. The first-order valence-electron chi connectivity index (χ1n) is 9.66. The molecule has 156 valence electrons. The van der Waals surface area contributed by atoms with Crippen molar-refractivity contribution >= 4 is 40.4 Å². The Morgan fingerprint density at radius 3 is 2.72 bits per heavy atom. The van der Waals surface area contributed by atoms with Gasteiger partial charge in [-0.25, -0.2) is 4.98 Å². The molecule has 0 bridgehead atoms. The summed E-state index contributed by atoms with van der Waals surface area (Å²) in [6, 6.07) is 6.16. The Morgan fingerprint density at radius 1 is 1.31 bits per heavy atom. The van der Waals surface area contributed by atoms with E-state index < -0.39 is 17.9 Å². The second kappa shape index (κ2) is 10.2. The summed E-state index contributed by atoms with van der Waals surface area (Å²) in [7, 11) is 0. The SMILES string of the molecule is Cc1nc([C@@H](NC(=O)C(=O)Nc2ccc(Cl)cc2)[C@@H]2CCCCN2)sc1CCO. The molecule has 1 saturated heterocycles. The van der Waals surface area contributed by atoms with Gasteiger partial charge in [-0.2, -0.15) is 0 Å². The fourth-order valence-corrected chi connectivity index (χ4v) is 4.64. The minimum absolute atomic E-state index is 0.00329. The van der Waals surface area contributed by atoms with Gasteiger partial charge >= 0.3 is 11.8 Å². The van der Waals surface area contributed by atoms with Crippen LogP contribution < -0.4 is 16.0 Å². The molecule has 2 atom stereocenters. The maximum absolute atomic E-state index is 12.6. The first-order chi connectivity index (χ1) is 14.0. The van der Waals surface area contributed by atoms with Gasteiger partial charge in [-0.1, -0.05) is 18.0 Å². The Labute approximate surface area is 178 Å². The van der Waals surface area contributed by atoms with Gasteiger partial charge in [0.25, 0.3) is 0 Å². The summed E-state index contributed by atoms with van der Waals surface area (Å²) in [6.07, 6.45) is 3.55. The summed E-state index contributed by atoms with van der Waals surface area (Å²) < 4.78 is 0. The molecule has 3 rings (SSSR count). The van der Waals surface area contributed by atoms with E-state index >= 15 is 0 Å². The quantitative estimate of drug-likeness (QED) is 0.521. The fraction of sp³-hybridized carbons (Fsp3) is 0.450. The first kappa shape index (κ1) is 21.7. The van der Waals surface area contributed by atoms with Crippen LogP contribution in [-0.2, 0) is 16.0 Å². The molecule has 7 nitrogen and oxygen atoms in total. The van der Waals surface area contributed by atoms with Crippen molar-refractivity contribution in [1.82, 2.24) is 15.6 Å². The van der Waals surface area contributed by atoms with E-state index in [0.717, 1.165) is 41.4 Å². The van der Waals surface area contributed by atoms with Gasteiger partial charge in [0, 0.05) is 34.7 Å². The summed E-state index contributed by atoms with van der Waals surface area (Å²) in [5.41, 5.74) is 1.34. The van der Waals surface area contributed by atoms with Crippen molar-refractivity contribution in [2.75, 3.05) is 18.5 Å². The maximum Gasteiger partial charge on any atom is 0.313 e. The second-order valence-electron chi connectivity index (χ2n) is 7.00. The molecule has 0 unspecified atom stereocenters. The van der Waals surface area contributed by atoms with Gasteiger partial charge in [-0.15, -0.1) is 11.3 Å². The Morgan fingerprint density at radius 2 is 2.07 bits per heavy atom. The van der Waals surface area contributed by atoms with Crippen LogP contribution in [0.2, 0.25) is 5.02 Å². The van der Waals surface area contributed by atoms with E-state index in [2.05, 4.69) is 20.9 Å². The second-order valence-corrected chi connectivity index (χ2v) is 8.55. The predicted octanol–water partition coefficient (Wildman–Crippen LogP) is 2.58. The average Bonchev–Trinajstić information content (AvgIpc) is 3.08. The highest BCUT2D eigenvalue weighted by Gasteiger charge is 2.31. The zero-order valence-electron chi connectivity index (χ0n) is 16.2. The number of halogens is 1. The van der Waals surface area contributed by atoms with Crippen molar-refractivity contribution in [3.05, 3.63) is 44.9 Å². The van der Waals surface area contributed by atoms with Gasteiger partial charge in [0.2, 0.25) is 0 Å². The highest BCUT2D eigenvalue weighted by Crippen LogP contribution is 2.29. The molecule has 29 heavy (non-hydrogen) atoms. The first-order valence-corrected chi connectivity index (χ1v) is 10.8.